The molecule has 0 atom stereocenters. The number of carboxylic acid groups (broad SMARTS) is 1. The van der Waals surface area contributed by atoms with Gasteiger partial charge in [-0.3, -0.25) is 14.9 Å². The zero-order valence-electron chi connectivity index (χ0n) is 12.6. The third-order valence-electron chi connectivity index (χ3n) is 2.79. The largest absolute Gasteiger partial charge is 0.481 e. The predicted octanol–water partition coefficient (Wildman–Crippen LogP) is 3.48. The molecule has 0 aliphatic rings. The van der Waals surface area contributed by atoms with E-state index in [2.05, 4.69) is 5.16 Å². The number of aliphatic carboxylic acids is 1. The normalized spacial score (nSPS) is 10.6. The SMILES string of the molecule is CC(=O)O.Cc1ccsc1/C(Cc1ccccc1[N+](=O)[O-])=N\O. The van der Waals surface area contributed by atoms with Crippen molar-refractivity contribution >= 4 is 28.7 Å². The number of carboxylic acids is 1. The van der Waals surface area contributed by atoms with Crippen LogP contribution in [0.2, 0.25) is 0 Å². The van der Waals surface area contributed by atoms with Gasteiger partial charge in [0, 0.05) is 25.0 Å². The van der Waals surface area contributed by atoms with E-state index >= 15 is 0 Å². The molecule has 23 heavy (non-hydrogen) atoms. The second-order valence-corrected chi connectivity index (χ2v) is 5.48. The number of rotatable bonds is 4. The Kier molecular flexibility index (Phi) is 6.88. The van der Waals surface area contributed by atoms with Crippen molar-refractivity contribution in [2.45, 2.75) is 20.3 Å². The fourth-order valence-corrected chi connectivity index (χ4v) is 2.76. The molecule has 8 heteroatoms. The molecule has 122 valence electrons. The number of nitro benzene ring substituents is 1. The van der Waals surface area contributed by atoms with E-state index in [1.165, 1.54) is 17.4 Å². The van der Waals surface area contributed by atoms with Crippen LogP contribution in [0.1, 0.15) is 22.9 Å². The van der Waals surface area contributed by atoms with Crippen LogP contribution in [-0.4, -0.2) is 26.9 Å². The first-order chi connectivity index (χ1) is 10.9. The van der Waals surface area contributed by atoms with Gasteiger partial charge in [-0.2, -0.15) is 0 Å². The lowest BCUT2D eigenvalue weighted by Gasteiger charge is -2.05. The van der Waals surface area contributed by atoms with Crippen molar-refractivity contribution in [1.29, 1.82) is 0 Å². The minimum absolute atomic E-state index is 0.0397. The maximum Gasteiger partial charge on any atom is 0.300 e. The molecule has 0 unspecified atom stereocenters. The highest BCUT2D eigenvalue weighted by Gasteiger charge is 2.17. The Labute approximate surface area is 136 Å². The number of thiophene rings is 1. The molecule has 2 rings (SSSR count). The van der Waals surface area contributed by atoms with Gasteiger partial charge in [-0.15, -0.1) is 11.3 Å². The molecule has 1 heterocycles. The van der Waals surface area contributed by atoms with E-state index in [1.54, 1.807) is 18.2 Å². The summed E-state index contributed by atoms with van der Waals surface area (Å²) in [4.78, 5) is 20.4. The molecule has 0 saturated heterocycles. The zero-order valence-corrected chi connectivity index (χ0v) is 13.4. The van der Waals surface area contributed by atoms with Crippen molar-refractivity contribution in [3.05, 3.63) is 61.8 Å². The summed E-state index contributed by atoms with van der Waals surface area (Å²) < 4.78 is 0. The van der Waals surface area contributed by atoms with Gasteiger partial charge in [0.25, 0.3) is 11.7 Å². The van der Waals surface area contributed by atoms with Gasteiger partial charge in [0.05, 0.1) is 9.80 Å². The molecule has 0 aliphatic heterocycles. The minimum Gasteiger partial charge on any atom is -0.481 e. The third-order valence-corrected chi connectivity index (χ3v) is 3.86. The van der Waals surface area contributed by atoms with Gasteiger partial charge in [-0.05, 0) is 23.9 Å². The van der Waals surface area contributed by atoms with Gasteiger partial charge in [-0.25, -0.2) is 0 Å². The number of benzene rings is 1. The molecule has 2 N–H and O–H groups in total. The summed E-state index contributed by atoms with van der Waals surface area (Å²) in [7, 11) is 0. The summed E-state index contributed by atoms with van der Waals surface area (Å²) in [6.07, 6.45) is 0.231. The third kappa shape index (κ3) is 5.51. The van der Waals surface area contributed by atoms with Crippen LogP contribution in [0.4, 0.5) is 5.69 Å². The van der Waals surface area contributed by atoms with E-state index in [9.17, 15) is 10.1 Å². The first-order valence-corrected chi connectivity index (χ1v) is 7.42. The molecule has 0 aliphatic carbocycles. The maximum atomic E-state index is 11.0. The van der Waals surface area contributed by atoms with E-state index in [0.717, 1.165) is 17.4 Å². The van der Waals surface area contributed by atoms with Gasteiger partial charge < -0.3 is 10.3 Å². The van der Waals surface area contributed by atoms with Crippen LogP contribution < -0.4 is 0 Å². The smallest absolute Gasteiger partial charge is 0.300 e. The Morgan fingerprint density at radius 1 is 1.35 bits per heavy atom. The van der Waals surface area contributed by atoms with Crippen molar-refractivity contribution < 1.29 is 20.0 Å². The van der Waals surface area contributed by atoms with Gasteiger partial charge in [0.15, 0.2) is 0 Å². The summed E-state index contributed by atoms with van der Waals surface area (Å²) in [5.41, 5.74) is 2.02. The molecule has 0 amide bonds. The second kappa shape index (κ2) is 8.64. The van der Waals surface area contributed by atoms with Crippen LogP contribution >= 0.6 is 11.3 Å². The Balaban J connectivity index is 0.000000593. The zero-order chi connectivity index (χ0) is 17.4. The number of oxime groups is 1. The summed E-state index contributed by atoms with van der Waals surface area (Å²) in [6, 6.07) is 8.40. The van der Waals surface area contributed by atoms with Crippen molar-refractivity contribution in [1.82, 2.24) is 0 Å². The standard InChI is InChI=1S/C13H12N2O3S.C2H4O2/c1-9-6-7-19-13(9)11(14-16)8-10-4-2-3-5-12(10)15(17)18;1-2(3)4/h2-7,16H,8H2,1H3;1H3,(H,3,4)/b14-11-;. The molecular weight excluding hydrogens is 320 g/mol. The highest BCUT2D eigenvalue weighted by atomic mass is 32.1. The number of hydrogen-bond donors (Lipinski definition) is 2. The van der Waals surface area contributed by atoms with Crippen molar-refractivity contribution in [2.24, 2.45) is 5.16 Å². The second-order valence-electron chi connectivity index (χ2n) is 4.56. The first kappa shape index (κ1) is 18.3. The summed E-state index contributed by atoms with van der Waals surface area (Å²) in [5, 5.41) is 32.7. The molecule has 1 aromatic carbocycles. The molecule has 1 aromatic heterocycles. The number of nitro groups is 1. The van der Waals surface area contributed by atoms with Gasteiger partial charge in [-0.1, -0.05) is 23.4 Å². The number of hydrogen-bond acceptors (Lipinski definition) is 6. The Hall–Kier alpha value is -2.74. The molecule has 0 radical (unpaired) electrons. The van der Waals surface area contributed by atoms with Crippen molar-refractivity contribution in [2.75, 3.05) is 0 Å². The van der Waals surface area contributed by atoms with E-state index in [4.69, 9.17) is 15.1 Å². The first-order valence-electron chi connectivity index (χ1n) is 6.54. The summed E-state index contributed by atoms with van der Waals surface area (Å²) in [5.74, 6) is -0.833. The summed E-state index contributed by atoms with van der Waals surface area (Å²) >= 11 is 1.46. The fraction of sp³-hybridized carbons (Fsp3) is 0.200. The van der Waals surface area contributed by atoms with E-state index in [-0.39, 0.29) is 12.1 Å². The molecule has 0 bridgehead atoms. The molecule has 0 saturated carbocycles. The van der Waals surface area contributed by atoms with Crippen LogP contribution in [-0.2, 0) is 11.2 Å². The molecule has 0 fully saturated rings. The average molecular weight is 336 g/mol. The molecule has 7 nitrogen and oxygen atoms in total. The lowest BCUT2D eigenvalue weighted by atomic mass is 10.0. The Morgan fingerprint density at radius 2 is 1.96 bits per heavy atom. The lowest BCUT2D eigenvalue weighted by molar-refractivity contribution is -0.385. The van der Waals surface area contributed by atoms with Gasteiger partial charge >= 0.3 is 0 Å². The molecule has 0 spiro atoms. The van der Waals surface area contributed by atoms with Crippen molar-refractivity contribution in [3.8, 4) is 0 Å². The minimum atomic E-state index is -0.833. The van der Waals surface area contributed by atoms with Crippen LogP contribution in [0.5, 0.6) is 0 Å². The van der Waals surface area contributed by atoms with E-state index in [1.807, 2.05) is 18.4 Å². The Morgan fingerprint density at radius 3 is 2.43 bits per heavy atom. The quantitative estimate of drug-likeness (QED) is 0.384. The van der Waals surface area contributed by atoms with E-state index < -0.39 is 10.9 Å². The van der Waals surface area contributed by atoms with Crippen LogP contribution in [0.15, 0.2) is 40.9 Å². The van der Waals surface area contributed by atoms with Crippen LogP contribution in [0, 0.1) is 17.0 Å². The topological polar surface area (TPSA) is 113 Å². The highest BCUT2D eigenvalue weighted by Crippen LogP contribution is 2.23. The fourth-order valence-electron chi connectivity index (χ4n) is 1.85. The van der Waals surface area contributed by atoms with Crippen molar-refractivity contribution in [3.63, 3.8) is 0 Å². The monoisotopic (exact) mass is 336 g/mol. The van der Waals surface area contributed by atoms with E-state index in [0.29, 0.717) is 11.3 Å². The number of carbonyl (C=O) groups is 1. The van der Waals surface area contributed by atoms with Gasteiger partial charge in [0.2, 0.25) is 0 Å². The molecule has 2 aromatic rings. The Bertz CT molecular complexity index is 720. The number of aryl methyl sites for hydroxylation is 1. The van der Waals surface area contributed by atoms with Crippen LogP contribution in [0.25, 0.3) is 0 Å². The predicted molar refractivity (Wildman–Crippen MR) is 87.5 cm³/mol. The number of nitrogens with zero attached hydrogens (tertiary/aromatic N) is 2. The van der Waals surface area contributed by atoms with Crippen LogP contribution in [0.3, 0.4) is 0 Å². The lowest BCUT2D eigenvalue weighted by Crippen LogP contribution is -2.07. The van der Waals surface area contributed by atoms with Gasteiger partial charge in [0.1, 0.15) is 5.71 Å². The molecular formula is C15H16N2O5S. The number of para-hydroxylation sites is 1. The highest BCUT2D eigenvalue weighted by molar-refractivity contribution is 7.12. The average Bonchev–Trinajstić information content (AvgIpc) is 2.90. The summed E-state index contributed by atoms with van der Waals surface area (Å²) in [6.45, 7) is 3.00. The maximum absolute atomic E-state index is 11.0.